The molecule has 2 rings (SSSR count). The summed E-state index contributed by atoms with van der Waals surface area (Å²) in [7, 11) is 0. The minimum atomic E-state index is -5.01. The first-order valence-corrected chi connectivity index (χ1v) is 5.33. The van der Waals surface area contributed by atoms with E-state index in [4.69, 9.17) is 0 Å². The van der Waals surface area contributed by atoms with Crippen molar-refractivity contribution in [2.75, 3.05) is 0 Å². The Morgan fingerprint density at radius 2 is 1.70 bits per heavy atom. The molecule has 1 aromatic carbocycles. The molecule has 0 radical (unpaired) electrons. The molecule has 0 saturated heterocycles. The molecule has 0 spiro atoms. The molecule has 0 aliphatic carbocycles. The second kappa shape index (κ2) is 4.64. The molecule has 0 amide bonds. The van der Waals surface area contributed by atoms with Crippen molar-refractivity contribution in [3.8, 4) is 0 Å². The number of nitro benzene ring substituents is 1. The first-order valence-electron chi connectivity index (χ1n) is 5.33. The maximum absolute atomic E-state index is 13.2. The molecule has 1 N–H and O–H groups in total. The molecule has 2 aromatic rings. The third kappa shape index (κ3) is 2.14. The van der Waals surface area contributed by atoms with E-state index in [1.807, 2.05) is 0 Å². The molecular weight excluding hydrogens is 279 g/mol. The highest BCUT2D eigenvalue weighted by atomic mass is 19.4. The van der Waals surface area contributed by atoms with Gasteiger partial charge in [-0.25, -0.2) is 0 Å². The molecule has 0 aliphatic rings. The summed E-state index contributed by atoms with van der Waals surface area (Å²) >= 11 is 0. The van der Waals surface area contributed by atoms with Crippen molar-refractivity contribution in [2.24, 2.45) is 0 Å². The molecule has 0 fully saturated rings. The maximum Gasteiger partial charge on any atom is 0.425 e. The molecule has 8 heteroatoms. The van der Waals surface area contributed by atoms with Crippen molar-refractivity contribution >= 4 is 5.69 Å². The number of benzene rings is 1. The first-order chi connectivity index (χ1) is 9.26. The summed E-state index contributed by atoms with van der Waals surface area (Å²) in [5.41, 5.74) is -4.68. The lowest BCUT2D eigenvalue weighted by molar-refractivity contribution is -0.384. The summed E-state index contributed by atoms with van der Waals surface area (Å²) in [5, 5.41) is 20.5. The number of rotatable bonds is 3. The van der Waals surface area contributed by atoms with Gasteiger partial charge in [-0.1, -0.05) is 0 Å². The Balaban J connectivity index is 2.56. The number of furan rings is 1. The number of halogens is 3. The second-order valence-corrected chi connectivity index (χ2v) is 4.02. The quantitative estimate of drug-likeness (QED) is 0.695. The zero-order chi connectivity index (χ0) is 15.0. The van der Waals surface area contributed by atoms with E-state index < -0.39 is 27.8 Å². The molecule has 5 nitrogen and oxygen atoms in total. The highest BCUT2D eigenvalue weighted by molar-refractivity contribution is 5.41. The van der Waals surface area contributed by atoms with Crippen LogP contribution in [0.3, 0.4) is 0 Å². The van der Waals surface area contributed by atoms with Crippen LogP contribution in [-0.2, 0) is 5.60 Å². The van der Waals surface area contributed by atoms with E-state index in [1.165, 1.54) is 0 Å². The standard InChI is InChI=1S/C12H8F3NO4/c13-12(14,15)11(17,9-5-6-20-7-9)8-1-3-10(4-2-8)16(18)19/h1-7,17H. The molecule has 0 aliphatic heterocycles. The van der Waals surface area contributed by atoms with E-state index in [-0.39, 0.29) is 5.69 Å². The van der Waals surface area contributed by atoms with Crippen LogP contribution in [0, 0.1) is 10.1 Å². The minimum Gasteiger partial charge on any atom is -0.472 e. The van der Waals surface area contributed by atoms with Crippen LogP contribution in [0.5, 0.6) is 0 Å². The SMILES string of the molecule is O=[N+]([O-])c1ccc(C(O)(c2ccoc2)C(F)(F)F)cc1. The van der Waals surface area contributed by atoms with E-state index in [1.54, 1.807) is 0 Å². The number of aliphatic hydroxyl groups is 1. The smallest absolute Gasteiger partial charge is 0.425 e. The molecule has 1 atom stereocenters. The van der Waals surface area contributed by atoms with E-state index in [2.05, 4.69) is 4.42 Å². The zero-order valence-corrected chi connectivity index (χ0v) is 9.79. The number of nitro groups is 1. The van der Waals surface area contributed by atoms with Gasteiger partial charge in [-0.15, -0.1) is 0 Å². The van der Waals surface area contributed by atoms with Crippen LogP contribution in [-0.4, -0.2) is 16.2 Å². The van der Waals surface area contributed by atoms with Crippen molar-refractivity contribution in [3.63, 3.8) is 0 Å². The lowest BCUT2D eigenvalue weighted by Gasteiger charge is -2.29. The molecule has 1 heterocycles. The molecular formula is C12H8F3NO4. The normalized spacial score (nSPS) is 14.8. The summed E-state index contributed by atoms with van der Waals surface area (Å²) in [5.74, 6) is 0. The van der Waals surface area contributed by atoms with Gasteiger partial charge in [-0.3, -0.25) is 10.1 Å². The van der Waals surface area contributed by atoms with Crippen LogP contribution in [0.15, 0.2) is 47.3 Å². The maximum atomic E-state index is 13.2. The summed E-state index contributed by atoms with van der Waals surface area (Å²) < 4.78 is 44.1. The van der Waals surface area contributed by atoms with Gasteiger partial charge in [0.2, 0.25) is 5.60 Å². The van der Waals surface area contributed by atoms with Crippen LogP contribution in [0.4, 0.5) is 18.9 Å². The van der Waals surface area contributed by atoms with Crippen LogP contribution in [0.25, 0.3) is 0 Å². The van der Waals surface area contributed by atoms with Gasteiger partial charge < -0.3 is 9.52 Å². The highest BCUT2D eigenvalue weighted by Gasteiger charge is 2.56. The minimum absolute atomic E-state index is 0.370. The molecule has 0 saturated carbocycles. The topological polar surface area (TPSA) is 76.5 Å². The number of hydrogen-bond donors (Lipinski definition) is 1. The summed E-state index contributed by atoms with van der Waals surface area (Å²) in [4.78, 5) is 9.75. The van der Waals surface area contributed by atoms with Gasteiger partial charge in [-0.2, -0.15) is 13.2 Å². The zero-order valence-electron chi connectivity index (χ0n) is 9.79. The van der Waals surface area contributed by atoms with E-state index >= 15 is 0 Å². The van der Waals surface area contributed by atoms with Crippen molar-refractivity contribution in [3.05, 3.63) is 64.1 Å². The van der Waals surface area contributed by atoms with Gasteiger partial charge in [0.25, 0.3) is 5.69 Å². The average Bonchev–Trinajstić information content (AvgIpc) is 2.90. The van der Waals surface area contributed by atoms with Crippen LogP contribution >= 0.6 is 0 Å². The molecule has 106 valence electrons. The Bertz CT molecular complexity index is 607. The fraction of sp³-hybridized carbons (Fsp3) is 0.167. The van der Waals surface area contributed by atoms with Gasteiger partial charge in [0.05, 0.1) is 17.4 Å². The number of hydrogen-bond acceptors (Lipinski definition) is 4. The third-order valence-corrected chi connectivity index (χ3v) is 2.85. The number of nitrogens with zero attached hydrogens (tertiary/aromatic N) is 1. The van der Waals surface area contributed by atoms with E-state index in [9.17, 15) is 28.4 Å². The molecule has 20 heavy (non-hydrogen) atoms. The van der Waals surface area contributed by atoms with Crippen LogP contribution < -0.4 is 0 Å². The van der Waals surface area contributed by atoms with Gasteiger partial charge in [0.15, 0.2) is 0 Å². The van der Waals surface area contributed by atoms with Crippen molar-refractivity contribution in [2.45, 2.75) is 11.8 Å². The molecule has 1 unspecified atom stereocenters. The average molecular weight is 287 g/mol. The predicted molar refractivity (Wildman–Crippen MR) is 60.9 cm³/mol. The lowest BCUT2D eigenvalue weighted by Crippen LogP contribution is -2.43. The van der Waals surface area contributed by atoms with Gasteiger partial charge >= 0.3 is 6.18 Å². The Morgan fingerprint density at radius 3 is 2.10 bits per heavy atom. The highest BCUT2D eigenvalue weighted by Crippen LogP contribution is 2.44. The third-order valence-electron chi connectivity index (χ3n) is 2.85. The molecule has 0 bridgehead atoms. The van der Waals surface area contributed by atoms with Crippen molar-refractivity contribution in [1.29, 1.82) is 0 Å². The van der Waals surface area contributed by atoms with Crippen LogP contribution in [0.1, 0.15) is 11.1 Å². The fourth-order valence-corrected chi connectivity index (χ4v) is 1.79. The Morgan fingerprint density at radius 1 is 1.10 bits per heavy atom. The van der Waals surface area contributed by atoms with Crippen LogP contribution in [0.2, 0.25) is 0 Å². The Kier molecular flexibility index (Phi) is 3.26. The fourth-order valence-electron chi connectivity index (χ4n) is 1.79. The monoisotopic (exact) mass is 287 g/mol. The second-order valence-electron chi connectivity index (χ2n) is 4.02. The van der Waals surface area contributed by atoms with Crippen molar-refractivity contribution in [1.82, 2.24) is 0 Å². The molecule has 1 aromatic heterocycles. The number of non-ortho nitro benzene ring substituents is 1. The summed E-state index contributed by atoms with van der Waals surface area (Å²) in [6.45, 7) is 0. The lowest BCUT2D eigenvalue weighted by atomic mass is 9.87. The first kappa shape index (κ1) is 14.1. The Labute approximate surface area is 110 Å². The Hall–Kier alpha value is -2.35. The van der Waals surface area contributed by atoms with Crippen molar-refractivity contribution < 1.29 is 27.6 Å². The summed E-state index contributed by atoms with van der Waals surface area (Å²) in [6, 6.07) is 4.49. The van der Waals surface area contributed by atoms with E-state index in [0.29, 0.717) is 0 Å². The van der Waals surface area contributed by atoms with E-state index in [0.717, 1.165) is 42.9 Å². The number of alkyl halides is 3. The predicted octanol–water partition coefficient (Wildman–Crippen LogP) is 2.99. The van der Waals surface area contributed by atoms with Gasteiger partial charge in [0, 0.05) is 17.7 Å². The van der Waals surface area contributed by atoms with Gasteiger partial charge in [0.1, 0.15) is 0 Å². The van der Waals surface area contributed by atoms with Gasteiger partial charge in [-0.05, 0) is 23.8 Å². The largest absolute Gasteiger partial charge is 0.472 e. The summed E-state index contributed by atoms with van der Waals surface area (Å²) in [6.07, 6.45) is -3.24.